The highest BCUT2D eigenvalue weighted by atomic mass is 16.5. The van der Waals surface area contributed by atoms with Gasteiger partial charge in [-0.25, -0.2) is 0 Å². The Balaban J connectivity index is 1.61. The maximum Gasteiger partial charge on any atom is 0.253 e. The van der Waals surface area contributed by atoms with Crippen molar-refractivity contribution in [1.82, 2.24) is 9.80 Å². The van der Waals surface area contributed by atoms with Gasteiger partial charge in [-0.05, 0) is 64.0 Å². The van der Waals surface area contributed by atoms with Crippen molar-refractivity contribution in [2.75, 3.05) is 45.7 Å². The molecule has 0 aromatic heterocycles. The van der Waals surface area contributed by atoms with E-state index in [0.29, 0.717) is 18.7 Å². The quantitative estimate of drug-likeness (QED) is 0.761. The lowest BCUT2D eigenvalue weighted by molar-refractivity contribution is -0.122. The van der Waals surface area contributed by atoms with Crippen LogP contribution in [0.2, 0.25) is 0 Å². The first kappa shape index (κ1) is 19.8. The summed E-state index contributed by atoms with van der Waals surface area (Å²) in [4.78, 5) is 29.0. The van der Waals surface area contributed by atoms with E-state index in [-0.39, 0.29) is 23.8 Å². The fourth-order valence-electron chi connectivity index (χ4n) is 3.42. The van der Waals surface area contributed by atoms with Crippen LogP contribution < -0.4 is 5.32 Å². The molecule has 1 aliphatic heterocycles. The fourth-order valence-corrected chi connectivity index (χ4v) is 3.42. The van der Waals surface area contributed by atoms with Crippen LogP contribution in [0.3, 0.4) is 0 Å². The third kappa shape index (κ3) is 5.53. The zero-order valence-electron chi connectivity index (χ0n) is 16.4. The maximum absolute atomic E-state index is 13.0. The van der Waals surface area contributed by atoms with E-state index in [1.54, 1.807) is 12.1 Å². The Bertz CT molecular complexity index is 635. The van der Waals surface area contributed by atoms with E-state index in [2.05, 4.69) is 10.2 Å². The lowest BCUT2D eigenvalue weighted by Gasteiger charge is -2.27. The average molecular weight is 373 g/mol. The van der Waals surface area contributed by atoms with Crippen LogP contribution in [0.1, 0.15) is 42.5 Å². The number of nitrogens with zero attached hydrogens (tertiary/aromatic N) is 2. The third-order valence-electron chi connectivity index (χ3n) is 5.43. The van der Waals surface area contributed by atoms with Crippen LogP contribution in [0.15, 0.2) is 24.3 Å². The van der Waals surface area contributed by atoms with E-state index < -0.39 is 0 Å². The predicted octanol–water partition coefficient (Wildman–Crippen LogP) is 2.61. The summed E-state index contributed by atoms with van der Waals surface area (Å²) in [5.74, 6) is 0.259. The summed E-state index contributed by atoms with van der Waals surface area (Å²) in [6.07, 6.45) is 5.31. The van der Waals surface area contributed by atoms with E-state index >= 15 is 0 Å². The summed E-state index contributed by atoms with van der Waals surface area (Å²) in [6.45, 7) is 2.91. The van der Waals surface area contributed by atoms with Gasteiger partial charge in [0.2, 0.25) is 5.91 Å². The lowest BCUT2D eigenvalue weighted by atomic mass is 9.85. The highest BCUT2D eigenvalue weighted by Crippen LogP contribution is 2.27. The summed E-state index contributed by atoms with van der Waals surface area (Å²) in [7, 11) is 4.02. The van der Waals surface area contributed by atoms with Crippen molar-refractivity contribution >= 4 is 17.5 Å². The number of likely N-dealkylation sites (N-methyl/N-ethyl adjacent to an activating group) is 1. The molecule has 0 spiro atoms. The number of hydrogen-bond donors (Lipinski definition) is 1. The van der Waals surface area contributed by atoms with Gasteiger partial charge in [-0.1, -0.05) is 6.42 Å². The molecule has 6 heteroatoms. The zero-order valence-corrected chi connectivity index (χ0v) is 16.4. The summed E-state index contributed by atoms with van der Waals surface area (Å²) >= 11 is 0. The molecule has 1 atom stereocenters. The summed E-state index contributed by atoms with van der Waals surface area (Å²) in [6, 6.07) is 7.24. The fraction of sp³-hybridized carbons (Fsp3) is 0.619. The van der Waals surface area contributed by atoms with Gasteiger partial charge in [-0.3, -0.25) is 9.59 Å². The molecule has 1 saturated carbocycles. The maximum atomic E-state index is 13.0. The number of anilines is 1. The molecule has 2 fully saturated rings. The molecular formula is C21H31N3O3. The van der Waals surface area contributed by atoms with E-state index in [1.807, 2.05) is 31.1 Å². The van der Waals surface area contributed by atoms with Crippen molar-refractivity contribution in [1.29, 1.82) is 0 Å². The molecule has 1 N–H and O–H groups in total. The van der Waals surface area contributed by atoms with E-state index in [4.69, 9.17) is 4.74 Å². The Morgan fingerprint density at radius 1 is 1.07 bits per heavy atom. The van der Waals surface area contributed by atoms with Crippen LogP contribution in [-0.4, -0.2) is 68.1 Å². The highest BCUT2D eigenvalue weighted by molar-refractivity contribution is 5.96. The monoisotopic (exact) mass is 373 g/mol. The Hall–Kier alpha value is -1.92. The van der Waals surface area contributed by atoms with Crippen molar-refractivity contribution in [3.05, 3.63) is 29.8 Å². The molecule has 0 radical (unpaired) electrons. The zero-order chi connectivity index (χ0) is 19.2. The van der Waals surface area contributed by atoms with Crippen LogP contribution in [0.4, 0.5) is 5.69 Å². The van der Waals surface area contributed by atoms with Gasteiger partial charge in [0, 0.05) is 43.4 Å². The van der Waals surface area contributed by atoms with E-state index in [1.165, 1.54) is 0 Å². The topological polar surface area (TPSA) is 61.9 Å². The predicted molar refractivity (Wildman–Crippen MR) is 106 cm³/mol. The number of amides is 2. The normalized spacial score (nSPS) is 19.7. The molecule has 1 saturated heterocycles. The third-order valence-corrected chi connectivity index (χ3v) is 5.43. The van der Waals surface area contributed by atoms with Crippen molar-refractivity contribution in [3.63, 3.8) is 0 Å². The molecule has 2 aliphatic rings. The molecule has 1 unspecified atom stereocenters. The van der Waals surface area contributed by atoms with Gasteiger partial charge < -0.3 is 19.9 Å². The average Bonchev–Trinajstić information content (AvgIpc) is 3.10. The number of hydrogen-bond acceptors (Lipinski definition) is 4. The standard InChI is InChI=1S/C21H31N3O3/c1-23(2)12-13-24(15-19-7-4-14-27-19)21(26)17-8-10-18(11-9-17)22-20(25)16-5-3-6-16/h8-11,16,19H,3-7,12-15H2,1-2H3,(H,22,25). The number of nitrogens with one attached hydrogen (secondary N) is 1. The van der Waals surface area contributed by atoms with Crippen LogP contribution >= 0.6 is 0 Å². The van der Waals surface area contributed by atoms with Crippen LogP contribution in [0.25, 0.3) is 0 Å². The smallest absolute Gasteiger partial charge is 0.253 e. The van der Waals surface area contributed by atoms with Gasteiger partial charge in [0.15, 0.2) is 0 Å². The summed E-state index contributed by atoms with van der Waals surface area (Å²) in [5, 5.41) is 2.95. The largest absolute Gasteiger partial charge is 0.376 e. The molecular weight excluding hydrogens is 342 g/mol. The van der Waals surface area contributed by atoms with Gasteiger partial charge in [-0.15, -0.1) is 0 Å². The Labute approximate surface area is 161 Å². The molecule has 3 rings (SSSR count). The van der Waals surface area contributed by atoms with Gasteiger partial charge in [0.1, 0.15) is 0 Å². The molecule has 6 nitrogen and oxygen atoms in total. The van der Waals surface area contributed by atoms with Gasteiger partial charge in [-0.2, -0.15) is 0 Å². The van der Waals surface area contributed by atoms with Gasteiger partial charge >= 0.3 is 0 Å². The number of carbonyl (C=O) groups excluding carboxylic acids is 2. The second-order valence-corrected chi connectivity index (χ2v) is 7.88. The SMILES string of the molecule is CN(C)CCN(CC1CCCO1)C(=O)c1ccc(NC(=O)C2CCC2)cc1. The van der Waals surface area contributed by atoms with Crippen molar-refractivity contribution < 1.29 is 14.3 Å². The Morgan fingerprint density at radius 3 is 2.37 bits per heavy atom. The number of benzene rings is 1. The van der Waals surface area contributed by atoms with Crippen molar-refractivity contribution in [2.45, 2.75) is 38.2 Å². The minimum Gasteiger partial charge on any atom is -0.376 e. The minimum atomic E-state index is 0.0178. The highest BCUT2D eigenvalue weighted by Gasteiger charge is 2.26. The molecule has 1 heterocycles. The Kier molecular flexibility index (Phi) is 6.85. The van der Waals surface area contributed by atoms with E-state index in [9.17, 15) is 9.59 Å². The lowest BCUT2D eigenvalue weighted by Crippen LogP contribution is -2.41. The second-order valence-electron chi connectivity index (χ2n) is 7.88. The molecule has 1 aromatic rings. The number of carbonyl (C=O) groups is 2. The first-order valence-electron chi connectivity index (χ1n) is 9.99. The molecule has 1 aromatic carbocycles. The second kappa shape index (κ2) is 9.33. The first-order chi connectivity index (χ1) is 13.0. The van der Waals surface area contributed by atoms with Crippen molar-refractivity contribution in [2.24, 2.45) is 5.92 Å². The molecule has 148 valence electrons. The minimum absolute atomic E-state index is 0.0178. The molecule has 0 bridgehead atoms. The number of ether oxygens (including phenoxy) is 1. The first-order valence-corrected chi connectivity index (χ1v) is 9.99. The summed E-state index contributed by atoms with van der Waals surface area (Å²) < 4.78 is 5.72. The van der Waals surface area contributed by atoms with Crippen LogP contribution in [0, 0.1) is 5.92 Å². The Morgan fingerprint density at radius 2 is 1.81 bits per heavy atom. The van der Waals surface area contributed by atoms with Crippen LogP contribution in [0.5, 0.6) is 0 Å². The van der Waals surface area contributed by atoms with Crippen molar-refractivity contribution in [3.8, 4) is 0 Å². The van der Waals surface area contributed by atoms with Gasteiger partial charge in [0.05, 0.1) is 6.10 Å². The summed E-state index contributed by atoms with van der Waals surface area (Å²) in [5.41, 5.74) is 1.40. The number of rotatable bonds is 8. The molecule has 1 aliphatic carbocycles. The van der Waals surface area contributed by atoms with E-state index in [0.717, 1.165) is 50.9 Å². The van der Waals surface area contributed by atoms with Crippen LogP contribution in [-0.2, 0) is 9.53 Å². The van der Waals surface area contributed by atoms with Gasteiger partial charge in [0.25, 0.3) is 5.91 Å². The molecule has 27 heavy (non-hydrogen) atoms. The molecule has 2 amide bonds.